The molecule has 3 aromatic carbocycles. The molecule has 0 radical (unpaired) electrons. The van der Waals surface area contributed by atoms with E-state index >= 15 is 0 Å². The molecule has 8 heteroatoms. The number of aliphatic imine (C=N–C) groups is 1. The van der Waals surface area contributed by atoms with Crippen molar-refractivity contribution in [2.24, 2.45) is 4.99 Å². The number of hydrogen-bond donors (Lipinski definition) is 3. The maximum absolute atomic E-state index is 13.3. The number of hydrogen-bond acceptors (Lipinski definition) is 4. The Morgan fingerprint density at radius 2 is 1.70 bits per heavy atom. The van der Waals surface area contributed by atoms with Crippen LogP contribution in [0.25, 0.3) is 10.9 Å². The topological polar surface area (TPSA) is 107 Å². The fourth-order valence-corrected chi connectivity index (χ4v) is 4.51. The second-order valence-electron chi connectivity index (χ2n) is 8.99. The smallest absolute Gasteiger partial charge is 0.272 e. The molecule has 0 fully saturated rings. The maximum Gasteiger partial charge on any atom is 0.272 e. The van der Waals surface area contributed by atoms with Crippen LogP contribution >= 0.6 is 0 Å². The molecule has 5 rings (SSSR count). The number of carbonyl (C=O) groups is 3. The molecule has 1 aliphatic heterocycles. The molecule has 1 unspecified atom stereocenters. The Balaban J connectivity index is 1.34. The van der Waals surface area contributed by atoms with Gasteiger partial charge in [0.15, 0.2) is 0 Å². The number of amides is 3. The summed E-state index contributed by atoms with van der Waals surface area (Å²) in [6, 6.07) is 23.9. The van der Waals surface area contributed by atoms with E-state index in [9.17, 15) is 14.4 Å². The highest BCUT2D eigenvalue weighted by Gasteiger charge is 2.32. The number of para-hydroxylation sites is 2. The van der Waals surface area contributed by atoms with Crippen LogP contribution in [0.5, 0.6) is 0 Å². The molecule has 2 atom stereocenters. The molecule has 0 aliphatic carbocycles. The summed E-state index contributed by atoms with van der Waals surface area (Å²) in [6.45, 7) is 1.59. The van der Waals surface area contributed by atoms with Crippen molar-refractivity contribution in [3.05, 3.63) is 102 Å². The van der Waals surface area contributed by atoms with E-state index in [2.05, 4.69) is 15.6 Å². The van der Waals surface area contributed by atoms with E-state index in [1.807, 2.05) is 78.9 Å². The largest absolute Gasteiger partial charge is 0.361 e. The molecule has 0 saturated carbocycles. The molecular weight excluding hydrogens is 466 g/mol. The molecular formula is C29H27N5O3. The Kier molecular flexibility index (Phi) is 6.55. The molecule has 1 aliphatic rings. The first kappa shape index (κ1) is 24.0. The summed E-state index contributed by atoms with van der Waals surface area (Å²) in [4.78, 5) is 48.4. The predicted molar refractivity (Wildman–Crippen MR) is 143 cm³/mol. The maximum atomic E-state index is 13.3. The van der Waals surface area contributed by atoms with Crippen LogP contribution in [-0.2, 0) is 20.8 Å². The summed E-state index contributed by atoms with van der Waals surface area (Å²) in [5.74, 6) is -1.16. The highest BCUT2D eigenvalue weighted by Crippen LogP contribution is 2.27. The van der Waals surface area contributed by atoms with Crippen LogP contribution in [0, 0.1) is 0 Å². The Morgan fingerprint density at radius 1 is 1.00 bits per heavy atom. The van der Waals surface area contributed by atoms with Crippen LogP contribution < -0.4 is 15.5 Å². The number of fused-ring (bicyclic) bond motifs is 2. The number of aromatic nitrogens is 1. The third-order valence-corrected chi connectivity index (χ3v) is 6.47. The Hall–Kier alpha value is -4.72. The number of carbonyl (C=O) groups excluding carboxylic acids is 3. The summed E-state index contributed by atoms with van der Waals surface area (Å²) < 4.78 is 0. The van der Waals surface area contributed by atoms with Crippen LogP contribution in [0.3, 0.4) is 0 Å². The average Bonchev–Trinajstić information content (AvgIpc) is 3.28. The molecule has 37 heavy (non-hydrogen) atoms. The highest BCUT2D eigenvalue weighted by atomic mass is 16.2. The molecule has 4 aromatic rings. The molecule has 1 aromatic heterocycles. The number of aromatic amines is 1. The van der Waals surface area contributed by atoms with Crippen molar-refractivity contribution in [1.29, 1.82) is 0 Å². The van der Waals surface area contributed by atoms with Crippen molar-refractivity contribution in [2.45, 2.75) is 25.6 Å². The monoisotopic (exact) mass is 493 g/mol. The quantitative estimate of drug-likeness (QED) is 0.384. The van der Waals surface area contributed by atoms with Crippen LogP contribution in [0.1, 0.15) is 23.6 Å². The van der Waals surface area contributed by atoms with E-state index in [4.69, 9.17) is 4.99 Å². The predicted octanol–water partition coefficient (Wildman–Crippen LogP) is 3.17. The third kappa shape index (κ3) is 4.86. The zero-order valence-electron chi connectivity index (χ0n) is 20.6. The Bertz CT molecular complexity index is 1510. The van der Waals surface area contributed by atoms with Crippen LogP contribution in [-0.4, -0.2) is 47.7 Å². The van der Waals surface area contributed by atoms with Gasteiger partial charge in [-0.15, -0.1) is 0 Å². The fraction of sp³-hybridized carbons (Fsp3) is 0.172. The van der Waals surface area contributed by atoms with E-state index in [1.165, 1.54) is 4.90 Å². The fourth-order valence-electron chi connectivity index (χ4n) is 4.51. The van der Waals surface area contributed by atoms with E-state index in [-0.39, 0.29) is 18.2 Å². The van der Waals surface area contributed by atoms with E-state index in [0.29, 0.717) is 11.4 Å². The lowest BCUT2D eigenvalue weighted by Gasteiger charge is -2.22. The van der Waals surface area contributed by atoms with Gasteiger partial charge in [-0.05, 0) is 24.6 Å². The first-order valence-corrected chi connectivity index (χ1v) is 12.1. The standard InChI is InChI=1S/C29H27N5O3/c1-18(31-25(35)16-20-17-30-23-14-8-6-12-21(20)23)28(36)33-27-29(37)34(2)24-15-9-7-13-22(24)26(32-27)19-10-4-3-5-11-19/h3-15,17-18,27,30H,16H2,1-2H3,(H,31,35)(H,33,36)/t18-,27?/m0/s1. The lowest BCUT2D eigenvalue weighted by molar-refractivity contribution is -0.130. The third-order valence-electron chi connectivity index (χ3n) is 6.47. The summed E-state index contributed by atoms with van der Waals surface area (Å²) in [5.41, 5.74) is 4.72. The number of nitrogens with one attached hydrogen (secondary N) is 3. The minimum atomic E-state index is -1.15. The molecule has 3 N–H and O–H groups in total. The molecule has 0 bridgehead atoms. The second kappa shape index (κ2) is 10.1. The van der Waals surface area contributed by atoms with Gasteiger partial charge in [0.25, 0.3) is 5.91 Å². The van der Waals surface area contributed by atoms with Crippen LogP contribution in [0.4, 0.5) is 5.69 Å². The van der Waals surface area contributed by atoms with Gasteiger partial charge in [-0.2, -0.15) is 0 Å². The van der Waals surface area contributed by atoms with Gasteiger partial charge < -0.3 is 20.5 Å². The molecule has 3 amide bonds. The summed E-state index contributed by atoms with van der Waals surface area (Å²) in [6.07, 6.45) is 0.776. The SMILES string of the molecule is C[C@H](NC(=O)Cc1c[nH]c2ccccc12)C(=O)NC1N=C(c2ccccc2)c2ccccc2N(C)C1=O. The molecule has 2 heterocycles. The lowest BCUT2D eigenvalue weighted by Crippen LogP contribution is -2.52. The number of benzene rings is 3. The second-order valence-corrected chi connectivity index (χ2v) is 8.99. The molecule has 8 nitrogen and oxygen atoms in total. The zero-order valence-corrected chi connectivity index (χ0v) is 20.6. The Labute approximate surface area is 214 Å². The van der Waals surface area contributed by atoms with Crippen molar-refractivity contribution in [1.82, 2.24) is 15.6 Å². The van der Waals surface area contributed by atoms with Gasteiger partial charge in [-0.1, -0.05) is 66.7 Å². The molecule has 186 valence electrons. The number of benzodiazepines with no additional fused rings is 1. The van der Waals surface area contributed by atoms with E-state index in [0.717, 1.165) is 27.6 Å². The van der Waals surface area contributed by atoms with Gasteiger partial charge in [0.2, 0.25) is 18.0 Å². The van der Waals surface area contributed by atoms with E-state index in [1.54, 1.807) is 20.2 Å². The number of anilines is 1. The number of H-pyrrole nitrogens is 1. The van der Waals surface area contributed by atoms with Gasteiger partial charge >= 0.3 is 0 Å². The van der Waals surface area contributed by atoms with Gasteiger partial charge in [-0.25, -0.2) is 4.99 Å². The van der Waals surface area contributed by atoms with Gasteiger partial charge in [0.1, 0.15) is 6.04 Å². The molecule has 0 spiro atoms. The summed E-state index contributed by atoms with van der Waals surface area (Å²) in [7, 11) is 1.66. The Morgan fingerprint density at radius 3 is 2.51 bits per heavy atom. The van der Waals surface area contributed by atoms with Crippen LogP contribution in [0.2, 0.25) is 0 Å². The number of rotatable bonds is 6. The van der Waals surface area contributed by atoms with Gasteiger partial charge in [0, 0.05) is 35.3 Å². The van der Waals surface area contributed by atoms with Crippen molar-refractivity contribution >= 4 is 40.0 Å². The number of nitrogens with zero attached hydrogens (tertiary/aromatic N) is 2. The van der Waals surface area contributed by atoms with Crippen molar-refractivity contribution in [3.63, 3.8) is 0 Å². The average molecular weight is 494 g/mol. The first-order valence-electron chi connectivity index (χ1n) is 12.1. The first-order chi connectivity index (χ1) is 17.9. The number of likely N-dealkylation sites (N-methyl/N-ethyl adjacent to an activating group) is 1. The normalized spacial score (nSPS) is 15.9. The van der Waals surface area contributed by atoms with Crippen molar-refractivity contribution in [3.8, 4) is 0 Å². The van der Waals surface area contributed by atoms with Crippen molar-refractivity contribution < 1.29 is 14.4 Å². The minimum Gasteiger partial charge on any atom is -0.361 e. The zero-order chi connectivity index (χ0) is 25.9. The highest BCUT2D eigenvalue weighted by molar-refractivity contribution is 6.20. The van der Waals surface area contributed by atoms with Gasteiger partial charge in [-0.3, -0.25) is 14.4 Å². The van der Waals surface area contributed by atoms with E-state index < -0.39 is 18.1 Å². The summed E-state index contributed by atoms with van der Waals surface area (Å²) in [5, 5.41) is 6.43. The molecule has 0 saturated heterocycles. The van der Waals surface area contributed by atoms with Gasteiger partial charge in [0.05, 0.1) is 17.8 Å². The minimum absolute atomic E-state index is 0.123. The van der Waals surface area contributed by atoms with Crippen molar-refractivity contribution in [2.75, 3.05) is 11.9 Å². The lowest BCUT2D eigenvalue weighted by atomic mass is 10.0. The summed E-state index contributed by atoms with van der Waals surface area (Å²) >= 11 is 0. The van der Waals surface area contributed by atoms with Crippen LogP contribution in [0.15, 0.2) is 90.1 Å².